The highest BCUT2D eigenvalue weighted by molar-refractivity contribution is 5.79. The van der Waals surface area contributed by atoms with Gasteiger partial charge in [0.1, 0.15) is 12.4 Å². The van der Waals surface area contributed by atoms with Gasteiger partial charge in [-0.15, -0.1) is 0 Å². The number of carboxylic acids is 1. The molecule has 0 spiro atoms. The third-order valence-electron chi connectivity index (χ3n) is 7.06. The van der Waals surface area contributed by atoms with Crippen molar-refractivity contribution in [2.75, 3.05) is 6.61 Å². The molecule has 0 aliphatic rings. The Labute approximate surface area is 247 Å². The van der Waals surface area contributed by atoms with Crippen LogP contribution in [0.15, 0.2) is 91.3 Å². The van der Waals surface area contributed by atoms with Gasteiger partial charge in [-0.2, -0.15) is 0 Å². The molecule has 0 saturated heterocycles. The number of esters is 1. The smallest absolute Gasteiger partial charge is 0.307 e. The fourth-order valence-electron chi connectivity index (χ4n) is 4.58. The van der Waals surface area contributed by atoms with E-state index in [1.807, 2.05) is 78.9 Å². The first-order chi connectivity index (χ1) is 20.5. The maximum absolute atomic E-state index is 12.3. The molecule has 4 aromatic rings. The van der Waals surface area contributed by atoms with Crippen molar-refractivity contribution in [2.24, 2.45) is 5.92 Å². The van der Waals surface area contributed by atoms with Gasteiger partial charge in [-0.25, -0.2) is 9.97 Å². The van der Waals surface area contributed by atoms with E-state index >= 15 is 0 Å². The molecule has 7 nitrogen and oxygen atoms in total. The van der Waals surface area contributed by atoms with Crippen LogP contribution in [0.4, 0.5) is 0 Å². The Morgan fingerprint density at radius 1 is 0.762 bits per heavy atom. The lowest BCUT2D eigenvalue weighted by Crippen LogP contribution is -2.21. The first-order valence-electron chi connectivity index (χ1n) is 14.6. The van der Waals surface area contributed by atoms with Crippen LogP contribution in [0.25, 0.3) is 22.5 Å². The molecule has 3 aromatic carbocycles. The highest BCUT2D eigenvalue weighted by Gasteiger charge is 2.23. The van der Waals surface area contributed by atoms with Crippen LogP contribution in [-0.2, 0) is 27.4 Å². The van der Waals surface area contributed by atoms with Gasteiger partial charge in [0, 0.05) is 23.5 Å². The van der Waals surface area contributed by atoms with Crippen molar-refractivity contribution in [3.63, 3.8) is 0 Å². The third-order valence-corrected chi connectivity index (χ3v) is 7.06. The first kappa shape index (κ1) is 30.4. The maximum Gasteiger partial charge on any atom is 0.307 e. The zero-order valence-electron chi connectivity index (χ0n) is 24.1. The lowest BCUT2D eigenvalue weighted by atomic mass is 9.95. The molecular weight excluding hydrogens is 528 g/mol. The number of aliphatic carboxylic acids is 1. The normalized spacial score (nSPS) is 11.5. The van der Waals surface area contributed by atoms with Gasteiger partial charge in [-0.05, 0) is 41.7 Å². The van der Waals surface area contributed by atoms with Gasteiger partial charge in [-0.3, -0.25) is 9.59 Å². The zero-order valence-corrected chi connectivity index (χ0v) is 24.1. The minimum absolute atomic E-state index is 0.123. The van der Waals surface area contributed by atoms with Gasteiger partial charge in [-0.1, -0.05) is 99.3 Å². The molecule has 0 bridgehead atoms. The summed E-state index contributed by atoms with van der Waals surface area (Å²) in [7, 11) is 0. The van der Waals surface area contributed by atoms with Gasteiger partial charge in [0.05, 0.1) is 18.9 Å². The van der Waals surface area contributed by atoms with E-state index in [0.717, 1.165) is 46.6 Å². The molecule has 0 radical (unpaired) electrons. The molecule has 218 valence electrons. The Hall–Kier alpha value is -4.52. The quantitative estimate of drug-likeness (QED) is 0.110. The Bertz CT molecular complexity index is 1390. The van der Waals surface area contributed by atoms with Gasteiger partial charge >= 0.3 is 11.9 Å². The molecule has 1 heterocycles. The standard InChI is InChI=1S/C35H38N2O5/c1-2-3-4-5-9-20-41-32-18-16-28(17-19-32)31-23-36-34(37-24-31)29-14-12-26(13-15-29)21-30(35(39)40)22-33(38)42-25-27-10-7-6-8-11-27/h6-8,10-19,23-24,30H,2-5,9,20-22,25H2,1H3,(H,39,40)/t30-/m1/s1. The number of aromatic nitrogens is 2. The molecule has 0 aliphatic carbocycles. The summed E-state index contributed by atoms with van der Waals surface area (Å²) in [5.74, 6) is -1.00. The molecule has 0 unspecified atom stereocenters. The van der Waals surface area contributed by atoms with E-state index < -0.39 is 17.9 Å². The van der Waals surface area contributed by atoms with Gasteiger partial charge < -0.3 is 14.6 Å². The lowest BCUT2D eigenvalue weighted by Gasteiger charge is -2.13. The van der Waals surface area contributed by atoms with Gasteiger partial charge in [0.15, 0.2) is 5.82 Å². The Morgan fingerprint density at radius 2 is 1.43 bits per heavy atom. The van der Waals surface area contributed by atoms with E-state index in [1.165, 1.54) is 25.7 Å². The number of hydrogen-bond acceptors (Lipinski definition) is 6. The molecule has 42 heavy (non-hydrogen) atoms. The fourth-order valence-corrected chi connectivity index (χ4v) is 4.58. The van der Waals surface area contributed by atoms with E-state index in [2.05, 4.69) is 16.9 Å². The summed E-state index contributed by atoms with van der Waals surface area (Å²) in [5, 5.41) is 9.68. The minimum Gasteiger partial charge on any atom is -0.494 e. The molecule has 4 rings (SSSR count). The van der Waals surface area contributed by atoms with E-state index in [0.29, 0.717) is 5.82 Å². The van der Waals surface area contributed by atoms with Crippen LogP contribution in [0, 0.1) is 5.92 Å². The molecule has 0 aliphatic heterocycles. The Balaban J connectivity index is 1.28. The predicted molar refractivity (Wildman–Crippen MR) is 163 cm³/mol. The summed E-state index contributed by atoms with van der Waals surface area (Å²) >= 11 is 0. The summed E-state index contributed by atoms with van der Waals surface area (Å²) in [6.45, 7) is 3.07. The van der Waals surface area contributed by atoms with Crippen LogP contribution in [0.2, 0.25) is 0 Å². The molecule has 7 heteroatoms. The number of rotatable bonds is 16. The van der Waals surface area contributed by atoms with Crippen LogP contribution >= 0.6 is 0 Å². The van der Waals surface area contributed by atoms with E-state index in [9.17, 15) is 14.7 Å². The largest absolute Gasteiger partial charge is 0.494 e. The lowest BCUT2D eigenvalue weighted by molar-refractivity contribution is -0.152. The monoisotopic (exact) mass is 566 g/mol. The zero-order chi connectivity index (χ0) is 29.6. The second kappa shape index (κ2) is 16.1. The molecule has 1 N–H and O–H groups in total. The van der Waals surface area contributed by atoms with Gasteiger partial charge in [0.25, 0.3) is 0 Å². The number of benzene rings is 3. The summed E-state index contributed by atoms with van der Waals surface area (Å²) in [5.41, 5.74) is 4.40. The van der Waals surface area contributed by atoms with Crippen LogP contribution in [0.5, 0.6) is 5.75 Å². The van der Waals surface area contributed by atoms with E-state index in [-0.39, 0.29) is 19.4 Å². The summed E-state index contributed by atoms with van der Waals surface area (Å²) in [6, 6.07) is 24.7. The van der Waals surface area contributed by atoms with E-state index in [4.69, 9.17) is 9.47 Å². The van der Waals surface area contributed by atoms with Crippen molar-refractivity contribution in [1.29, 1.82) is 0 Å². The van der Waals surface area contributed by atoms with Crippen molar-refractivity contribution >= 4 is 11.9 Å². The molecule has 0 saturated carbocycles. The number of carbonyl (C=O) groups excluding carboxylic acids is 1. The van der Waals surface area contributed by atoms with Crippen LogP contribution < -0.4 is 4.74 Å². The number of carbonyl (C=O) groups is 2. The van der Waals surface area contributed by atoms with Crippen molar-refractivity contribution in [3.05, 3.63) is 102 Å². The topological polar surface area (TPSA) is 98.6 Å². The number of unbranched alkanes of at least 4 members (excludes halogenated alkanes) is 4. The number of carboxylic acid groups (broad SMARTS) is 1. The Kier molecular flexibility index (Phi) is 11.6. The average molecular weight is 567 g/mol. The van der Waals surface area contributed by atoms with Crippen molar-refractivity contribution in [3.8, 4) is 28.3 Å². The van der Waals surface area contributed by atoms with Crippen LogP contribution in [0.1, 0.15) is 56.6 Å². The summed E-state index contributed by atoms with van der Waals surface area (Å²) in [4.78, 5) is 33.2. The maximum atomic E-state index is 12.3. The first-order valence-corrected chi connectivity index (χ1v) is 14.6. The second-order valence-electron chi connectivity index (χ2n) is 10.4. The van der Waals surface area contributed by atoms with Gasteiger partial charge in [0.2, 0.25) is 0 Å². The highest BCUT2D eigenvalue weighted by atomic mass is 16.5. The molecular formula is C35H38N2O5. The summed E-state index contributed by atoms with van der Waals surface area (Å²) in [6.07, 6.45) is 9.67. The third kappa shape index (κ3) is 9.54. The number of hydrogen-bond donors (Lipinski definition) is 1. The molecule has 1 aromatic heterocycles. The summed E-state index contributed by atoms with van der Waals surface area (Å²) < 4.78 is 11.1. The highest BCUT2D eigenvalue weighted by Crippen LogP contribution is 2.24. The van der Waals surface area contributed by atoms with Crippen molar-refractivity contribution in [2.45, 2.75) is 58.5 Å². The molecule has 1 atom stereocenters. The van der Waals surface area contributed by atoms with Crippen LogP contribution in [-0.4, -0.2) is 33.6 Å². The van der Waals surface area contributed by atoms with Crippen molar-refractivity contribution < 1.29 is 24.2 Å². The Morgan fingerprint density at radius 3 is 2.10 bits per heavy atom. The predicted octanol–water partition coefficient (Wildman–Crippen LogP) is 7.54. The van der Waals surface area contributed by atoms with E-state index in [1.54, 1.807) is 12.4 Å². The van der Waals surface area contributed by atoms with Crippen molar-refractivity contribution in [1.82, 2.24) is 9.97 Å². The minimum atomic E-state index is -1.03. The fraction of sp³-hybridized carbons (Fsp3) is 0.314. The molecule has 0 fully saturated rings. The van der Waals surface area contributed by atoms with Crippen LogP contribution in [0.3, 0.4) is 0 Å². The number of nitrogens with zero attached hydrogens (tertiary/aromatic N) is 2. The average Bonchev–Trinajstić information content (AvgIpc) is 3.02. The number of ether oxygens (including phenoxy) is 2. The second-order valence-corrected chi connectivity index (χ2v) is 10.4. The molecule has 0 amide bonds. The SMILES string of the molecule is CCCCCCCOc1ccc(-c2cnc(-c3ccc(C[C@H](CC(=O)OCc4ccccc4)C(=O)O)cc3)nc2)cc1.